The topological polar surface area (TPSA) is 54.4 Å². The number of Topliss-reactive ketones (excluding diaryl/α,β-unsaturated/α-hetero) is 2. The lowest BCUT2D eigenvalue weighted by Crippen LogP contribution is -2.65. The predicted octanol–water partition coefficient (Wildman–Crippen LogP) is 3.90. The minimum Gasteiger partial charge on any atom is -0.396 e. The maximum Gasteiger partial charge on any atom is 0.139 e. The van der Waals surface area contributed by atoms with Crippen LogP contribution in [0.5, 0.6) is 0 Å². The number of aliphatic hydroxyl groups excluding tert-OH is 1. The Balaban J connectivity index is 1.77. The summed E-state index contributed by atoms with van der Waals surface area (Å²) in [6.07, 6.45) is 6.79. The zero-order chi connectivity index (χ0) is 17.3. The number of hydrogen-bond acceptors (Lipinski definition) is 3. The van der Waals surface area contributed by atoms with Gasteiger partial charge in [-0.05, 0) is 55.8 Å². The van der Waals surface area contributed by atoms with Gasteiger partial charge in [-0.1, -0.05) is 29.8 Å². The number of halogens is 1. The molecule has 4 aliphatic carbocycles. The summed E-state index contributed by atoms with van der Waals surface area (Å²) in [4.78, 5) is 24.7. The molecule has 0 radical (unpaired) electrons. The van der Waals surface area contributed by atoms with Gasteiger partial charge in [-0.15, -0.1) is 0 Å². The molecule has 0 unspecified atom stereocenters. The molecule has 0 aromatic heterocycles. The van der Waals surface area contributed by atoms with E-state index in [-0.39, 0.29) is 21.8 Å². The molecule has 4 aliphatic rings. The third-order valence-electron chi connectivity index (χ3n) is 8.68. The van der Waals surface area contributed by atoms with Gasteiger partial charge >= 0.3 is 0 Å². The van der Waals surface area contributed by atoms with Crippen molar-refractivity contribution >= 4 is 27.5 Å². The lowest BCUT2D eigenvalue weighted by molar-refractivity contribution is -0.155. The molecule has 4 rings (SSSR count). The van der Waals surface area contributed by atoms with Crippen molar-refractivity contribution in [1.82, 2.24) is 0 Å². The van der Waals surface area contributed by atoms with E-state index < -0.39 is 0 Å². The highest BCUT2D eigenvalue weighted by atomic mass is 79.9. The second-order valence-corrected chi connectivity index (χ2v) is 10.7. The Morgan fingerprint density at radius 3 is 2.62 bits per heavy atom. The highest BCUT2D eigenvalue weighted by Gasteiger charge is 2.67. The summed E-state index contributed by atoms with van der Waals surface area (Å²) in [6, 6.07) is 0. The zero-order valence-corrected chi connectivity index (χ0v) is 16.4. The third kappa shape index (κ3) is 1.93. The van der Waals surface area contributed by atoms with Crippen molar-refractivity contribution in [2.75, 3.05) is 6.61 Å². The van der Waals surface area contributed by atoms with Crippen LogP contribution < -0.4 is 0 Å². The molecule has 0 saturated heterocycles. The number of rotatable bonds is 1. The second-order valence-electron chi connectivity index (χ2n) is 9.32. The number of alkyl halides is 1. The number of ketones is 2. The van der Waals surface area contributed by atoms with Crippen LogP contribution in [-0.2, 0) is 9.59 Å². The maximum absolute atomic E-state index is 12.5. The first-order chi connectivity index (χ1) is 11.3. The number of carbonyl (C=O) groups excluding carboxylic acids is 2. The number of hydrogen-bond donors (Lipinski definition) is 1. The summed E-state index contributed by atoms with van der Waals surface area (Å²) in [7, 11) is 0. The normalized spacial score (nSPS) is 54.2. The fraction of sp³-hybridized carbons (Fsp3) is 0.900. The fourth-order valence-electron chi connectivity index (χ4n) is 7.28. The van der Waals surface area contributed by atoms with Crippen LogP contribution in [0.1, 0.15) is 65.2 Å². The van der Waals surface area contributed by atoms with Gasteiger partial charge in [-0.3, -0.25) is 9.59 Å². The van der Waals surface area contributed by atoms with Gasteiger partial charge in [0.1, 0.15) is 11.6 Å². The van der Waals surface area contributed by atoms with Crippen molar-refractivity contribution < 1.29 is 14.7 Å². The third-order valence-corrected chi connectivity index (χ3v) is 10.5. The highest BCUT2D eigenvalue weighted by molar-refractivity contribution is 9.10. The van der Waals surface area contributed by atoms with E-state index in [1.807, 2.05) is 0 Å². The number of fused-ring (bicyclic) bond motifs is 5. The van der Waals surface area contributed by atoms with E-state index in [9.17, 15) is 14.7 Å². The van der Waals surface area contributed by atoms with E-state index >= 15 is 0 Å². The molecule has 0 aromatic carbocycles. The van der Waals surface area contributed by atoms with Crippen molar-refractivity contribution in [1.29, 1.82) is 0 Å². The van der Waals surface area contributed by atoms with Crippen molar-refractivity contribution in [3.8, 4) is 0 Å². The smallest absolute Gasteiger partial charge is 0.139 e. The van der Waals surface area contributed by atoms with E-state index in [2.05, 4.69) is 29.8 Å². The first kappa shape index (κ1) is 17.2. The molecule has 0 heterocycles. The Morgan fingerprint density at radius 2 is 1.92 bits per heavy atom. The summed E-state index contributed by atoms with van der Waals surface area (Å²) in [5.41, 5.74) is -0.329. The number of aliphatic hydroxyl groups is 1. The largest absolute Gasteiger partial charge is 0.396 e. The summed E-state index contributed by atoms with van der Waals surface area (Å²) >= 11 is 4.01. The van der Waals surface area contributed by atoms with E-state index in [1.165, 1.54) is 0 Å². The lowest BCUT2D eigenvalue weighted by Gasteiger charge is -2.65. The average Bonchev–Trinajstić information content (AvgIpc) is 2.84. The quantitative estimate of drug-likeness (QED) is 0.683. The van der Waals surface area contributed by atoms with E-state index in [0.717, 1.165) is 38.5 Å². The van der Waals surface area contributed by atoms with Gasteiger partial charge in [-0.25, -0.2) is 0 Å². The zero-order valence-electron chi connectivity index (χ0n) is 14.8. The second kappa shape index (κ2) is 5.39. The van der Waals surface area contributed by atoms with Crippen molar-refractivity contribution in [2.24, 2.45) is 34.5 Å². The highest BCUT2D eigenvalue weighted by Crippen LogP contribution is 2.69. The minimum atomic E-state index is -0.262. The molecule has 4 fully saturated rings. The van der Waals surface area contributed by atoms with Gasteiger partial charge in [0.25, 0.3) is 0 Å². The van der Waals surface area contributed by atoms with Crippen LogP contribution in [0.2, 0.25) is 0 Å². The molecule has 1 N–H and O–H groups in total. The average molecular weight is 397 g/mol. The molecule has 3 nitrogen and oxygen atoms in total. The summed E-state index contributed by atoms with van der Waals surface area (Å²) in [5, 5.41) is 10.5. The van der Waals surface area contributed by atoms with Crippen LogP contribution in [0, 0.1) is 34.5 Å². The Kier molecular flexibility index (Phi) is 3.86. The van der Waals surface area contributed by atoms with E-state index in [0.29, 0.717) is 48.1 Å². The molecule has 0 spiro atoms. The van der Waals surface area contributed by atoms with E-state index in [4.69, 9.17) is 0 Å². The van der Waals surface area contributed by atoms with Crippen LogP contribution >= 0.6 is 15.9 Å². The van der Waals surface area contributed by atoms with Gasteiger partial charge < -0.3 is 5.11 Å². The summed E-state index contributed by atoms with van der Waals surface area (Å²) in [6.45, 7) is 4.60. The van der Waals surface area contributed by atoms with Crippen LogP contribution in [-0.4, -0.2) is 27.6 Å². The van der Waals surface area contributed by atoms with Gasteiger partial charge in [0.2, 0.25) is 0 Å². The van der Waals surface area contributed by atoms with Crippen molar-refractivity contribution in [3.05, 3.63) is 0 Å². The molecule has 0 amide bonds. The van der Waals surface area contributed by atoms with Crippen LogP contribution in [0.15, 0.2) is 0 Å². The predicted molar refractivity (Wildman–Crippen MR) is 95.9 cm³/mol. The molecule has 4 saturated carbocycles. The summed E-state index contributed by atoms with van der Waals surface area (Å²) < 4.78 is -0.262. The summed E-state index contributed by atoms with van der Waals surface area (Å²) in [5.74, 6) is 2.59. The van der Waals surface area contributed by atoms with Gasteiger partial charge in [0.15, 0.2) is 0 Å². The first-order valence-electron chi connectivity index (χ1n) is 9.63. The molecule has 134 valence electrons. The standard InChI is InChI=1S/C20H29BrO3/c1-12-9-14-15-3-4-17(24)18(15,2)7-6-16(14)19(11-22)8-5-13(23)10-20(12,19)21/h12,14-16,22H,3-11H2,1-2H3/t12-,14-,15-,16-,18-,19-,20-/m0/s1. The fourth-order valence-corrected chi connectivity index (χ4v) is 8.39. The molecule has 4 heteroatoms. The van der Waals surface area contributed by atoms with Crippen LogP contribution in [0.4, 0.5) is 0 Å². The monoisotopic (exact) mass is 396 g/mol. The molecular formula is C20H29BrO3. The molecular weight excluding hydrogens is 368 g/mol. The Hall–Kier alpha value is -0.220. The Bertz CT molecular complexity index is 589. The van der Waals surface area contributed by atoms with Crippen LogP contribution in [0.25, 0.3) is 0 Å². The molecule has 0 bridgehead atoms. The Morgan fingerprint density at radius 1 is 1.17 bits per heavy atom. The first-order valence-corrected chi connectivity index (χ1v) is 10.4. The van der Waals surface area contributed by atoms with Crippen molar-refractivity contribution in [3.63, 3.8) is 0 Å². The Labute approximate surface area is 153 Å². The van der Waals surface area contributed by atoms with Gasteiger partial charge in [0, 0.05) is 34.4 Å². The lowest BCUT2D eigenvalue weighted by atomic mass is 9.43. The molecule has 7 atom stereocenters. The van der Waals surface area contributed by atoms with Crippen LogP contribution in [0.3, 0.4) is 0 Å². The minimum absolute atomic E-state index is 0.131. The molecule has 24 heavy (non-hydrogen) atoms. The van der Waals surface area contributed by atoms with Crippen molar-refractivity contribution in [2.45, 2.75) is 69.5 Å². The number of carbonyl (C=O) groups is 2. The molecule has 0 aromatic rings. The van der Waals surface area contributed by atoms with Gasteiger partial charge in [0.05, 0.1) is 6.61 Å². The van der Waals surface area contributed by atoms with E-state index in [1.54, 1.807) is 0 Å². The molecule has 0 aliphatic heterocycles. The van der Waals surface area contributed by atoms with Gasteiger partial charge in [-0.2, -0.15) is 0 Å². The SMILES string of the molecule is C[C@H]1C[C@@H]2[C@H](CC[C@]3(C)C(=O)CC[C@@H]23)[C@@]2(CO)CCC(=O)C[C@]12Br. The maximum atomic E-state index is 12.5.